The van der Waals surface area contributed by atoms with Crippen molar-refractivity contribution in [3.8, 4) is 0 Å². The van der Waals surface area contributed by atoms with Gasteiger partial charge in [0.2, 0.25) is 5.91 Å². The van der Waals surface area contributed by atoms with E-state index < -0.39 is 28.3 Å². The number of halogens is 3. The van der Waals surface area contributed by atoms with E-state index in [1.807, 2.05) is 0 Å². The van der Waals surface area contributed by atoms with Gasteiger partial charge >= 0.3 is 0 Å². The third-order valence-electron chi connectivity index (χ3n) is 3.65. The molecule has 0 aliphatic carbocycles. The molecule has 3 aromatic rings. The molecule has 1 aromatic heterocycles. The van der Waals surface area contributed by atoms with Crippen LogP contribution in [0.1, 0.15) is 0 Å². The van der Waals surface area contributed by atoms with E-state index in [4.69, 9.17) is 23.2 Å². The quantitative estimate of drug-likeness (QED) is 0.563. The lowest BCUT2D eigenvalue weighted by Crippen LogP contribution is -2.38. The fourth-order valence-electron chi connectivity index (χ4n) is 2.38. The first-order valence-corrected chi connectivity index (χ1v) is 10.9. The van der Waals surface area contributed by atoms with Crippen LogP contribution >= 0.6 is 34.5 Å². The maximum absolute atomic E-state index is 14.3. The predicted octanol–water partition coefficient (Wildman–Crippen LogP) is 5.03. The molecule has 3 rings (SSSR count). The maximum Gasteiger partial charge on any atom is 0.274 e. The minimum Gasteiger partial charge on any atom is -0.324 e. The van der Waals surface area contributed by atoms with E-state index in [9.17, 15) is 17.6 Å². The first-order chi connectivity index (χ1) is 13.3. The average molecular weight is 459 g/mol. The normalized spacial score (nSPS) is 11.2. The third kappa shape index (κ3) is 4.47. The number of hydrogen-bond donors (Lipinski definition) is 1. The molecular formula is C18H13Cl2FN2O3S2. The van der Waals surface area contributed by atoms with Crippen molar-refractivity contribution in [3.05, 3.63) is 75.8 Å². The molecular weight excluding hydrogens is 446 g/mol. The number of hydrogen-bond acceptors (Lipinski definition) is 4. The summed E-state index contributed by atoms with van der Waals surface area (Å²) in [6, 6.07) is 12.8. The second-order valence-electron chi connectivity index (χ2n) is 5.57. The summed E-state index contributed by atoms with van der Waals surface area (Å²) in [7, 11) is -4.13. The van der Waals surface area contributed by atoms with Crippen LogP contribution < -0.4 is 9.62 Å². The summed E-state index contributed by atoms with van der Waals surface area (Å²) in [6.07, 6.45) is 0. The Kier molecular flexibility index (Phi) is 6.24. The van der Waals surface area contributed by atoms with Crippen LogP contribution in [0.3, 0.4) is 0 Å². The van der Waals surface area contributed by atoms with E-state index in [0.717, 1.165) is 21.7 Å². The van der Waals surface area contributed by atoms with Crippen molar-refractivity contribution in [2.45, 2.75) is 4.21 Å². The van der Waals surface area contributed by atoms with Gasteiger partial charge < -0.3 is 5.32 Å². The van der Waals surface area contributed by atoms with Crippen LogP contribution in [0.5, 0.6) is 0 Å². The number of rotatable bonds is 6. The molecule has 1 amide bonds. The number of benzene rings is 2. The van der Waals surface area contributed by atoms with Gasteiger partial charge in [0.25, 0.3) is 10.0 Å². The summed E-state index contributed by atoms with van der Waals surface area (Å²) in [5.41, 5.74) is 0.113. The Morgan fingerprint density at radius 1 is 1.07 bits per heavy atom. The summed E-state index contributed by atoms with van der Waals surface area (Å²) in [4.78, 5) is 12.5. The maximum atomic E-state index is 14.3. The van der Waals surface area contributed by atoms with Gasteiger partial charge in [-0.25, -0.2) is 12.8 Å². The Labute approximate surface area is 175 Å². The number of anilines is 2. The van der Waals surface area contributed by atoms with Gasteiger partial charge in [-0.15, -0.1) is 11.3 Å². The van der Waals surface area contributed by atoms with E-state index in [0.29, 0.717) is 10.7 Å². The third-order valence-corrected chi connectivity index (χ3v) is 7.52. The monoisotopic (exact) mass is 458 g/mol. The molecule has 5 nitrogen and oxygen atoms in total. The lowest BCUT2D eigenvalue weighted by Gasteiger charge is -2.23. The minimum absolute atomic E-state index is 0.00177. The molecule has 0 fully saturated rings. The number of sulfonamides is 1. The highest BCUT2D eigenvalue weighted by Gasteiger charge is 2.29. The zero-order valence-electron chi connectivity index (χ0n) is 14.1. The van der Waals surface area contributed by atoms with E-state index in [1.54, 1.807) is 11.4 Å². The summed E-state index contributed by atoms with van der Waals surface area (Å²) in [6.45, 7) is -0.624. The van der Waals surface area contributed by atoms with E-state index >= 15 is 0 Å². The second-order valence-corrected chi connectivity index (χ2v) is 9.42. The number of nitrogens with one attached hydrogen (secondary N) is 1. The van der Waals surface area contributed by atoms with Crippen molar-refractivity contribution >= 4 is 61.8 Å². The number of para-hydroxylation sites is 1. The van der Waals surface area contributed by atoms with Gasteiger partial charge in [-0.2, -0.15) is 0 Å². The van der Waals surface area contributed by atoms with Gasteiger partial charge in [-0.05, 0) is 41.8 Å². The fourth-order valence-corrected chi connectivity index (χ4v) is 5.21. The summed E-state index contributed by atoms with van der Waals surface area (Å²) < 4.78 is 41.0. The molecule has 146 valence electrons. The van der Waals surface area contributed by atoms with Crippen LogP contribution in [0.2, 0.25) is 10.0 Å². The molecule has 0 unspecified atom stereocenters. The van der Waals surface area contributed by atoms with Crippen molar-refractivity contribution in [2.24, 2.45) is 0 Å². The van der Waals surface area contributed by atoms with Crippen LogP contribution in [0.4, 0.5) is 15.8 Å². The van der Waals surface area contributed by atoms with E-state index in [2.05, 4.69) is 5.32 Å². The van der Waals surface area contributed by atoms with Crippen molar-refractivity contribution in [3.63, 3.8) is 0 Å². The number of nitrogens with zero attached hydrogens (tertiary/aromatic N) is 1. The second kappa shape index (κ2) is 8.48. The molecule has 0 atom stereocenters. The number of carbonyl (C=O) groups is 1. The van der Waals surface area contributed by atoms with Crippen molar-refractivity contribution in [1.82, 2.24) is 0 Å². The first-order valence-electron chi connectivity index (χ1n) is 7.85. The standard InChI is InChI=1S/C18H13Cl2FN2O3S2/c19-13-8-7-12(10-14(13)20)22-17(24)11-23(16-5-2-1-4-15(16)21)28(25,26)18-6-3-9-27-18/h1-10H,11H2,(H,22,24). The van der Waals surface area contributed by atoms with Gasteiger partial charge in [0.05, 0.1) is 15.7 Å². The molecule has 0 aliphatic rings. The fraction of sp³-hybridized carbons (Fsp3) is 0.0556. The average Bonchev–Trinajstić information content (AvgIpc) is 3.19. The van der Waals surface area contributed by atoms with Crippen LogP contribution in [-0.2, 0) is 14.8 Å². The molecule has 0 spiro atoms. The highest BCUT2D eigenvalue weighted by atomic mass is 35.5. The van der Waals surface area contributed by atoms with Crippen molar-refractivity contribution in [1.29, 1.82) is 0 Å². The minimum atomic E-state index is -4.13. The summed E-state index contributed by atoms with van der Waals surface area (Å²) in [5.74, 6) is -1.42. The van der Waals surface area contributed by atoms with Crippen LogP contribution in [-0.4, -0.2) is 20.9 Å². The molecule has 0 saturated carbocycles. The highest BCUT2D eigenvalue weighted by molar-refractivity contribution is 7.94. The smallest absolute Gasteiger partial charge is 0.274 e. The molecule has 0 aliphatic heterocycles. The van der Waals surface area contributed by atoms with Crippen LogP contribution in [0.25, 0.3) is 0 Å². The van der Waals surface area contributed by atoms with Gasteiger partial charge in [-0.1, -0.05) is 41.4 Å². The van der Waals surface area contributed by atoms with Crippen LogP contribution in [0, 0.1) is 5.82 Å². The first kappa shape index (κ1) is 20.6. The molecule has 1 N–H and O–H groups in total. The zero-order valence-corrected chi connectivity index (χ0v) is 17.2. The molecule has 1 heterocycles. The van der Waals surface area contributed by atoms with Gasteiger partial charge in [0.15, 0.2) is 0 Å². The van der Waals surface area contributed by atoms with E-state index in [-0.39, 0.29) is 14.9 Å². The topological polar surface area (TPSA) is 66.5 Å². The Balaban J connectivity index is 1.92. The molecule has 2 aromatic carbocycles. The summed E-state index contributed by atoms with van der Waals surface area (Å²) in [5, 5.41) is 4.67. The molecule has 0 bridgehead atoms. The number of amides is 1. The zero-order chi connectivity index (χ0) is 20.3. The number of thiophene rings is 1. The molecule has 0 saturated heterocycles. The highest BCUT2D eigenvalue weighted by Crippen LogP contribution is 2.29. The van der Waals surface area contributed by atoms with Gasteiger partial charge in [-0.3, -0.25) is 9.10 Å². The van der Waals surface area contributed by atoms with Gasteiger partial charge in [0.1, 0.15) is 16.6 Å². The lowest BCUT2D eigenvalue weighted by molar-refractivity contribution is -0.114. The molecule has 28 heavy (non-hydrogen) atoms. The molecule has 10 heteroatoms. The predicted molar refractivity (Wildman–Crippen MR) is 110 cm³/mol. The lowest BCUT2D eigenvalue weighted by atomic mass is 10.3. The van der Waals surface area contributed by atoms with Crippen LogP contribution in [0.15, 0.2) is 64.2 Å². The van der Waals surface area contributed by atoms with E-state index in [1.165, 1.54) is 42.5 Å². The Bertz CT molecular complexity index is 1110. The van der Waals surface area contributed by atoms with Crippen molar-refractivity contribution in [2.75, 3.05) is 16.2 Å². The van der Waals surface area contributed by atoms with Crippen molar-refractivity contribution < 1.29 is 17.6 Å². The van der Waals surface area contributed by atoms with Gasteiger partial charge in [0, 0.05) is 5.69 Å². The summed E-state index contributed by atoms with van der Waals surface area (Å²) >= 11 is 12.7. The Hall–Kier alpha value is -2.13. The largest absolute Gasteiger partial charge is 0.324 e. The Morgan fingerprint density at radius 2 is 1.82 bits per heavy atom. The Morgan fingerprint density at radius 3 is 2.46 bits per heavy atom. The SMILES string of the molecule is O=C(CN(c1ccccc1F)S(=O)(=O)c1cccs1)Nc1ccc(Cl)c(Cl)c1. The number of carbonyl (C=O) groups excluding carboxylic acids is 1. The molecule has 0 radical (unpaired) electrons.